The molecular formula is C24H20Cl2N2O6. The molecule has 0 saturated heterocycles. The summed E-state index contributed by atoms with van der Waals surface area (Å²) in [5.74, 6) is 0.544. The molecule has 1 amide bonds. The van der Waals surface area contributed by atoms with Gasteiger partial charge in [-0.25, -0.2) is 10.2 Å². The van der Waals surface area contributed by atoms with Gasteiger partial charge in [-0.3, -0.25) is 4.79 Å². The molecule has 34 heavy (non-hydrogen) atoms. The first-order valence-electron chi connectivity index (χ1n) is 9.84. The molecule has 3 aromatic carbocycles. The molecular weight excluding hydrogens is 483 g/mol. The maximum absolute atomic E-state index is 12.4. The van der Waals surface area contributed by atoms with Gasteiger partial charge in [-0.2, -0.15) is 5.10 Å². The van der Waals surface area contributed by atoms with Crippen molar-refractivity contribution in [2.75, 3.05) is 20.8 Å². The molecule has 0 saturated carbocycles. The van der Waals surface area contributed by atoms with Gasteiger partial charge in [0.15, 0.2) is 18.1 Å². The zero-order chi connectivity index (χ0) is 24.5. The van der Waals surface area contributed by atoms with Crippen LogP contribution in [-0.2, 0) is 4.79 Å². The fourth-order valence-electron chi connectivity index (χ4n) is 2.70. The number of esters is 1. The lowest BCUT2D eigenvalue weighted by Gasteiger charge is -2.09. The van der Waals surface area contributed by atoms with Crippen molar-refractivity contribution in [3.8, 4) is 23.0 Å². The summed E-state index contributed by atoms with van der Waals surface area (Å²) in [5, 5.41) is 4.43. The Labute approximate surface area is 206 Å². The van der Waals surface area contributed by atoms with Crippen LogP contribution in [0.4, 0.5) is 0 Å². The summed E-state index contributed by atoms with van der Waals surface area (Å²) in [4.78, 5) is 24.3. The molecule has 0 aliphatic rings. The van der Waals surface area contributed by atoms with Gasteiger partial charge in [-0.1, -0.05) is 29.3 Å². The fourth-order valence-corrected chi connectivity index (χ4v) is 3.05. The van der Waals surface area contributed by atoms with E-state index in [1.54, 1.807) is 54.6 Å². The van der Waals surface area contributed by atoms with E-state index in [1.807, 2.05) is 0 Å². The van der Waals surface area contributed by atoms with E-state index in [-0.39, 0.29) is 11.6 Å². The highest BCUT2D eigenvalue weighted by molar-refractivity contribution is 6.42. The molecule has 3 rings (SSSR count). The van der Waals surface area contributed by atoms with Crippen molar-refractivity contribution in [2.45, 2.75) is 0 Å². The Morgan fingerprint density at radius 3 is 2.38 bits per heavy atom. The van der Waals surface area contributed by atoms with Crippen LogP contribution in [-0.4, -0.2) is 38.9 Å². The summed E-state index contributed by atoms with van der Waals surface area (Å²) in [6.45, 7) is -0.289. The Morgan fingerprint density at radius 2 is 1.68 bits per heavy atom. The van der Waals surface area contributed by atoms with Crippen LogP contribution < -0.4 is 24.4 Å². The van der Waals surface area contributed by atoms with Crippen LogP contribution in [0.2, 0.25) is 10.0 Å². The zero-order valence-electron chi connectivity index (χ0n) is 18.2. The lowest BCUT2D eigenvalue weighted by molar-refractivity contribution is -0.123. The molecule has 176 valence electrons. The second kappa shape index (κ2) is 11.9. The Kier molecular flexibility index (Phi) is 8.73. The first-order valence-corrected chi connectivity index (χ1v) is 10.6. The van der Waals surface area contributed by atoms with E-state index in [0.717, 1.165) is 0 Å². The molecule has 0 bridgehead atoms. The highest BCUT2D eigenvalue weighted by Crippen LogP contribution is 2.31. The van der Waals surface area contributed by atoms with E-state index in [1.165, 1.54) is 26.5 Å². The Hall–Kier alpha value is -3.75. The molecule has 0 heterocycles. The molecule has 1 N–H and O–H groups in total. The van der Waals surface area contributed by atoms with Gasteiger partial charge >= 0.3 is 5.97 Å². The number of carbonyl (C=O) groups excluding carboxylic acids is 2. The van der Waals surface area contributed by atoms with E-state index in [0.29, 0.717) is 39.1 Å². The lowest BCUT2D eigenvalue weighted by Crippen LogP contribution is -2.24. The smallest absolute Gasteiger partial charge is 0.343 e. The number of nitrogens with zero attached hydrogens (tertiary/aromatic N) is 1. The molecule has 0 fully saturated rings. The molecule has 0 aliphatic carbocycles. The second-order valence-corrected chi connectivity index (χ2v) is 7.45. The quantitative estimate of drug-likeness (QED) is 0.196. The SMILES string of the molecule is COc1ccc(C(=O)Oc2ccc(/C=N/NC(=O)COc3cccc(Cl)c3Cl)cc2)cc1OC. The van der Waals surface area contributed by atoms with Gasteiger partial charge in [0.1, 0.15) is 16.5 Å². The summed E-state index contributed by atoms with van der Waals surface area (Å²) in [6.07, 6.45) is 1.43. The lowest BCUT2D eigenvalue weighted by atomic mass is 10.2. The van der Waals surface area contributed by atoms with Crippen molar-refractivity contribution in [3.63, 3.8) is 0 Å². The van der Waals surface area contributed by atoms with Gasteiger partial charge in [0.2, 0.25) is 0 Å². The minimum atomic E-state index is -0.547. The number of nitrogens with one attached hydrogen (secondary N) is 1. The summed E-state index contributed by atoms with van der Waals surface area (Å²) in [6, 6.07) is 16.2. The van der Waals surface area contributed by atoms with Crippen molar-refractivity contribution >= 4 is 41.3 Å². The van der Waals surface area contributed by atoms with Crippen LogP contribution in [0.1, 0.15) is 15.9 Å². The monoisotopic (exact) mass is 502 g/mol. The van der Waals surface area contributed by atoms with Gasteiger partial charge in [0, 0.05) is 0 Å². The fraction of sp³-hybridized carbons (Fsp3) is 0.125. The maximum Gasteiger partial charge on any atom is 0.343 e. The normalized spacial score (nSPS) is 10.6. The number of hydrogen-bond acceptors (Lipinski definition) is 7. The predicted octanol–water partition coefficient (Wildman–Crippen LogP) is 4.76. The third kappa shape index (κ3) is 6.63. The number of amides is 1. The molecule has 0 spiro atoms. The Morgan fingerprint density at radius 1 is 0.941 bits per heavy atom. The van der Waals surface area contributed by atoms with Crippen LogP contribution in [0.15, 0.2) is 65.8 Å². The van der Waals surface area contributed by atoms with Crippen LogP contribution in [0.3, 0.4) is 0 Å². The second-order valence-electron chi connectivity index (χ2n) is 6.66. The molecule has 10 heteroatoms. The number of carbonyl (C=O) groups is 2. The number of benzene rings is 3. The third-order valence-corrected chi connectivity index (χ3v) is 5.19. The minimum Gasteiger partial charge on any atom is -0.493 e. The van der Waals surface area contributed by atoms with Gasteiger partial charge < -0.3 is 18.9 Å². The number of rotatable bonds is 9. The number of ether oxygens (including phenoxy) is 4. The first kappa shape index (κ1) is 24.9. The molecule has 0 atom stereocenters. The van der Waals surface area contributed by atoms with Crippen molar-refractivity contribution in [1.82, 2.24) is 5.43 Å². The van der Waals surface area contributed by atoms with Gasteiger partial charge in [0.05, 0.1) is 31.0 Å². The number of halogens is 2. The molecule has 3 aromatic rings. The summed E-state index contributed by atoms with van der Waals surface area (Å²) in [7, 11) is 2.99. The zero-order valence-corrected chi connectivity index (χ0v) is 19.7. The van der Waals surface area contributed by atoms with Crippen molar-refractivity contribution in [3.05, 3.63) is 81.8 Å². The Bertz CT molecular complexity index is 1200. The van der Waals surface area contributed by atoms with Crippen LogP contribution in [0.5, 0.6) is 23.0 Å². The molecule has 0 aliphatic heterocycles. The van der Waals surface area contributed by atoms with E-state index < -0.39 is 11.9 Å². The number of methoxy groups -OCH3 is 2. The number of hydrazone groups is 1. The molecule has 0 aromatic heterocycles. The topological polar surface area (TPSA) is 95.5 Å². The van der Waals surface area contributed by atoms with Gasteiger partial charge in [-0.15, -0.1) is 0 Å². The predicted molar refractivity (Wildman–Crippen MR) is 129 cm³/mol. The average Bonchev–Trinajstić information content (AvgIpc) is 2.85. The largest absolute Gasteiger partial charge is 0.493 e. The van der Waals surface area contributed by atoms with Gasteiger partial charge in [0.25, 0.3) is 5.91 Å². The molecule has 8 nitrogen and oxygen atoms in total. The Balaban J connectivity index is 1.50. The average molecular weight is 503 g/mol. The maximum atomic E-state index is 12.4. The van der Waals surface area contributed by atoms with Crippen LogP contribution in [0, 0.1) is 0 Å². The summed E-state index contributed by atoms with van der Waals surface area (Å²) >= 11 is 11.9. The minimum absolute atomic E-state index is 0.229. The first-order chi connectivity index (χ1) is 16.4. The van der Waals surface area contributed by atoms with Crippen LogP contribution >= 0.6 is 23.2 Å². The highest BCUT2D eigenvalue weighted by Gasteiger charge is 2.13. The van der Waals surface area contributed by atoms with Crippen molar-refractivity contribution in [1.29, 1.82) is 0 Å². The van der Waals surface area contributed by atoms with E-state index in [9.17, 15) is 9.59 Å². The molecule has 0 unspecified atom stereocenters. The van der Waals surface area contributed by atoms with Crippen LogP contribution in [0.25, 0.3) is 0 Å². The van der Waals surface area contributed by atoms with E-state index in [4.69, 9.17) is 42.1 Å². The molecule has 0 radical (unpaired) electrons. The van der Waals surface area contributed by atoms with Crippen molar-refractivity contribution < 1.29 is 28.5 Å². The standard InChI is InChI=1S/C24H20Cl2N2O6/c1-31-19-11-8-16(12-21(19)32-2)24(30)34-17-9-6-15(7-10-17)13-27-28-22(29)14-33-20-5-3-4-18(25)23(20)26/h3-13H,14H2,1-2H3,(H,28,29)/b27-13+. The highest BCUT2D eigenvalue weighted by atomic mass is 35.5. The summed E-state index contributed by atoms with van der Waals surface area (Å²) < 4.78 is 21.1. The van der Waals surface area contributed by atoms with E-state index in [2.05, 4.69) is 10.5 Å². The van der Waals surface area contributed by atoms with E-state index >= 15 is 0 Å². The summed E-state index contributed by atoms with van der Waals surface area (Å²) in [5.41, 5.74) is 3.33. The van der Waals surface area contributed by atoms with Gasteiger partial charge in [-0.05, 0) is 60.2 Å². The third-order valence-electron chi connectivity index (χ3n) is 4.39. The number of hydrogen-bond donors (Lipinski definition) is 1. The van der Waals surface area contributed by atoms with Crippen molar-refractivity contribution in [2.24, 2.45) is 5.10 Å².